The zero-order valence-corrected chi connectivity index (χ0v) is 15.8. The van der Waals surface area contributed by atoms with Crippen LogP contribution in [0, 0.1) is 26.1 Å². The van der Waals surface area contributed by atoms with Crippen molar-refractivity contribution in [2.45, 2.75) is 20.3 Å². The summed E-state index contributed by atoms with van der Waals surface area (Å²) in [5, 5.41) is 0. The zero-order chi connectivity index (χ0) is 14.9. The maximum absolute atomic E-state index is 4.23. The molecule has 0 atom stereocenters. The minimum atomic E-state index is 0. The Bertz CT molecular complexity index is 637. The number of hydrogen-bond donors (Lipinski definition) is 0. The van der Waals surface area contributed by atoms with Gasteiger partial charge in [0.05, 0.1) is 0 Å². The summed E-state index contributed by atoms with van der Waals surface area (Å²) in [5.41, 5.74) is 3.40. The second-order valence-corrected chi connectivity index (χ2v) is 4.79. The largest absolute Gasteiger partial charge is 0.373 e. The Morgan fingerprint density at radius 3 is 2.14 bits per heavy atom. The zero-order valence-electron chi connectivity index (χ0n) is 13.0. The van der Waals surface area contributed by atoms with E-state index in [0.717, 1.165) is 17.8 Å². The van der Waals surface area contributed by atoms with Crippen LogP contribution in [0.4, 0.5) is 0 Å². The normalized spacial score (nSPS) is 9.18. The molecule has 2 nitrogen and oxygen atoms in total. The third kappa shape index (κ3) is 7.06. The topological polar surface area (TPSA) is 25.8 Å². The van der Waals surface area contributed by atoms with Crippen molar-refractivity contribution in [3.05, 3.63) is 95.6 Å². The predicted octanol–water partition coefficient (Wildman–Crippen LogP) is 3.97. The van der Waals surface area contributed by atoms with Crippen LogP contribution >= 0.6 is 0 Å². The summed E-state index contributed by atoms with van der Waals surface area (Å²) < 4.78 is 0. The third-order valence-electron chi connectivity index (χ3n) is 2.84. The van der Waals surface area contributed by atoms with E-state index in [-0.39, 0.29) is 32.7 Å². The van der Waals surface area contributed by atoms with Gasteiger partial charge in [-0.2, -0.15) is 35.9 Å². The average molecular weight is 363 g/mol. The number of hydrogen-bond acceptors (Lipinski definition) is 2. The van der Waals surface area contributed by atoms with E-state index in [1.807, 2.05) is 56.3 Å². The molecule has 1 aromatic heterocycles. The van der Waals surface area contributed by atoms with Crippen molar-refractivity contribution in [2.24, 2.45) is 0 Å². The van der Waals surface area contributed by atoms with Crippen LogP contribution in [0.5, 0.6) is 0 Å². The molecule has 0 fully saturated rings. The number of rotatable bonds is 2. The molecule has 1 radical (unpaired) electrons. The molecule has 0 saturated carbocycles. The van der Waals surface area contributed by atoms with Crippen molar-refractivity contribution in [2.75, 3.05) is 0 Å². The predicted molar refractivity (Wildman–Crippen MR) is 84.9 cm³/mol. The first-order valence-corrected chi connectivity index (χ1v) is 6.91. The molecule has 22 heavy (non-hydrogen) atoms. The summed E-state index contributed by atoms with van der Waals surface area (Å²) in [4.78, 5) is 8.37. The van der Waals surface area contributed by atoms with Crippen LogP contribution in [0.25, 0.3) is 0 Å². The minimum absolute atomic E-state index is 0. The van der Waals surface area contributed by atoms with Gasteiger partial charge in [0.25, 0.3) is 0 Å². The molecule has 0 aliphatic heterocycles. The summed E-state index contributed by atoms with van der Waals surface area (Å²) in [7, 11) is 0. The van der Waals surface area contributed by atoms with E-state index in [1.54, 1.807) is 6.20 Å². The van der Waals surface area contributed by atoms with Gasteiger partial charge in [-0.15, -0.1) is 5.56 Å². The molecule has 0 bridgehead atoms. The van der Waals surface area contributed by atoms with Crippen LogP contribution < -0.4 is 0 Å². The van der Waals surface area contributed by atoms with Crippen molar-refractivity contribution < 1.29 is 32.7 Å². The monoisotopic (exact) mass is 363 g/mol. The molecule has 1 heterocycles. The van der Waals surface area contributed by atoms with Crippen molar-refractivity contribution in [3.8, 4) is 0 Å². The molecule has 2 aromatic carbocycles. The van der Waals surface area contributed by atoms with Crippen LogP contribution in [-0.4, -0.2) is 9.97 Å². The number of nitrogens with zero attached hydrogens (tertiary/aromatic N) is 2. The van der Waals surface area contributed by atoms with Gasteiger partial charge in [-0.25, -0.2) is 0 Å². The van der Waals surface area contributed by atoms with Gasteiger partial charge in [-0.05, 0) is 6.42 Å². The van der Waals surface area contributed by atoms with Gasteiger partial charge in [0, 0.05) is 38.5 Å². The van der Waals surface area contributed by atoms with Gasteiger partial charge in [0.1, 0.15) is 0 Å². The summed E-state index contributed by atoms with van der Waals surface area (Å²) in [6.07, 6.45) is 5.48. The van der Waals surface area contributed by atoms with Crippen LogP contribution in [0.15, 0.2) is 60.8 Å². The number of aromatic nitrogens is 2. The Balaban J connectivity index is 0.000000258. The van der Waals surface area contributed by atoms with Gasteiger partial charge < -0.3 is 9.97 Å². The molecule has 3 heteroatoms. The Morgan fingerprint density at radius 1 is 0.909 bits per heavy atom. The Hall–Kier alpha value is -1.38. The Morgan fingerprint density at radius 2 is 1.64 bits per heavy atom. The van der Waals surface area contributed by atoms with E-state index in [2.05, 4.69) is 34.4 Å². The first-order valence-electron chi connectivity index (χ1n) is 6.91. The smallest absolute Gasteiger partial charge is 0.0180 e. The molecular weight excluding hydrogens is 345 g/mol. The van der Waals surface area contributed by atoms with Crippen LogP contribution in [0.3, 0.4) is 0 Å². The van der Waals surface area contributed by atoms with Gasteiger partial charge >= 0.3 is 0 Å². The molecule has 0 N–H and O–H groups in total. The van der Waals surface area contributed by atoms with E-state index < -0.39 is 0 Å². The summed E-state index contributed by atoms with van der Waals surface area (Å²) in [6.45, 7) is 3.96. The number of benzene rings is 2. The molecule has 0 amide bonds. The maximum Gasteiger partial charge on any atom is 0.0180 e. The fourth-order valence-corrected chi connectivity index (χ4v) is 1.73. The average Bonchev–Trinajstić information content (AvgIpc) is 2.52. The van der Waals surface area contributed by atoms with E-state index >= 15 is 0 Å². The minimum Gasteiger partial charge on any atom is -0.373 e. The second-order valence-electron chi connectivity index (χ2n) is 4.79. The number of aryl methyl sites for hydroxylation is 2. The van der Waals surface area contributed by atoms with Crippen molar-refractivity contribution in [3.63, 3.8) is 0 Å². The van der Waals surface area contributed by atoms with Crippen LogP contribution in [-0.2, 0) is 39.1 Å². The standard InChI is InChI=1S/C12H11N2.C7H7.Y/c1-10-8-13-12(14-9-10)7-11-5-3-2-4-6-11;1-7-5-3-2-4-6-7;/h2-6,8H,7H2,1H3;2-5H,1H3;/q2*-1;. The van der Waals surface area contributed by atoms with Crippen molar-refractivity contribution in [1.29, 1.82) is 0 Å². The molecular formula is C19H18N2Y-2. The van der Waals surface area contributed by atoms with Crippen molar-refractivity contribution >= 4 is 0 Å². The SMILES string of the molecule is Cc1[c-]cccc1.Cc1[c-]nc(Cc2ccccc2)nc1.[Y]. The quantitative estimate of drug-likeness (QED) is 0.644. The third-order valence-corrected chi connectivity index (χ3v) is 2.84. The second kappa shape index (κ2) is 10.4. The van der Waals surface area contributed by atoms with E-state index in [0.29, 0.717) is 0 Å². The fourth-order valence-electron chi connectivity index (χ4n) is 1.73. The summed E-state index contributed by atoms with van der Waals surface area (Å²) in [5.74, 6) is 0.821. The first-order chi connectivity index (χ1) is 10.2. The molecule has 0 aliphatic rings. The molecule has 0 spiro atoms. The Labute approximate surface area is 157 Å². The van der Waals surface area contributed by atoms with E-state index in [1.165, 1.54) is 11.1 Å². The van der Waals surface area contributed by atoms with Crippen molar-refractivity contribution in [1.82, 2.24) is 9.97 Å². The van der Waals surface area contributed by atoms with Crippen LogP contribution in [0.1, 0.15) is 22.5 Å². The molecule has 0 unspecified atom stereocenters. The van der Waals surface area contributed by atoms with Crippen LogP contribution in [0.2, 0.25) is 0 Å². The molecule has 109 valence electrons. The first kappa shape index (κ1) is 18.7. The summed E-state index contributed by atoms with van der Waals surface area (Å²) in [6, 6.07) is 21.1. The molecule has 3 aromatic rings. The van der Waals surface area contributed by atoms with Gasteiger partial charge in [-0.1, -0.05) is 62.1 Å². The molecule has 0 aliphatic carbocycles. The molecule has 0 saturated heterocycles. The van der Waals surface area contributed by atoms with E-state index in [4.69, 9.17) is 0 Å². The van der Waals surface area contributed by atoms with Gasteiger partial charge in [0.2, 0.25) is 0 Å². The van der Waals surface area contributed by atoms with Gasteiger partial charge in [-0.3, -0.25) is 0 Å². The van der Waals surface area contributed by atoms with Gasteiger partial charge in [0.15, 0.2) is 0 Å². The maximum atomic E-state index is 4.23. The fraction of sp³-hybridized carbons (Fsp3) is 0.158. The molecule has 3 rings (SSSR count). The summed E-state index contributed by atoms with van der Waals surface area (Å²) >= 11 is 0. The van der Waals surface area contributed by atoms with E-state index in [9.17, 15) is 0 Å². The Kier molecular flexibility index (Phi) is 8.80.